The number of fused-ring (bicyclic) bond motifs is 1. The van der Waals surface area contributed by atoms with E-state index in [9.17, 15) is 4.79 Å². The summed E-state index contributed by atoms with van der Waals surface area (Å²) >= 11 is 0. The van der Waals surface area contributed by atoms with E-state index in [1.807, 2.05) is 18.3 Å². The van der Waals surface area contributed by atoms with Gasteiger partial charge in [-0.2, -0.15) is 0 Å². The van der Waals surface area contributed by atoms with Gasteiger partial charge in [0.15, 0.2) is 0 Å². The van der Waals surface area contributed by atoms with Gasteiger partial charge >= 0.3 is 5.97 Å². The van der Waals surface area contributed by atoms with Gasteiger partial charge in [-0.1, -0.05) is 0 Å². The molecule has 0 atom stereocenters. The van der Waals surface area contributed by atoms with Crippen molar-refractivity contribution in [3.8, 4) is 5.75 Å². The monoisotopic (exact) mass is 314 g/mol. The zero-order valence-corrected chi connectivity index (χ0v) is 13.6. The van der Waals surface area contributed by atoms with Gasteiger partial charge < -0.3 is 19.4 Å². The molecule has 1 N–H and O–H groups in total. The van der Waals surface area contributed by atoms with Gasteiger partial charge in [0.05, 0.1) is 19.8 Å². The number of benzene rings is 1. The number of ether oxygens (including phenoxy) is 2. The molecular weight excluding hydrogens is 292 g/mol. The molecule has 0 amide bonds. The van der Waals surface area contributed by atoms with Gasteiger partial charge in [0, 0.05) is 42.5 Å². The average molecular weight is 314 g/mol. The van der Waals surface area contributed by atoms with Crippen LogP contribution in [0.1, 0.15) is 18.4 Å². The summed E-state index contributed by atoms with van der Waals surface area (Å²) in [5.74, 6) is 0.640. The molecule has 2 heterocycles. The van der Waals surface area contributed by atoms with Crippen molar-refractivity contribution in [1.82, 2.24) is 9.88 Å². The van der Waals surface area contributed by atoms with E-state index in [1.54, 1.807) is 7.11 Å². The molecule has 1 aromatic carbocycles. The first kappa shape index (κ1) is 15.5. The molecular formula is C18H22N2O3. The second-order valence-corrected chi connectivity index (χ2v) is 5.76. The lowest BCUT2D eigenvalue weighted by Crippen LogP contribution is -2.27. The largest absolute Gasteiger partial charge is 0.497 e. The van der Waals surface area contributed by atoms with Crippen LogP contribution >= 0.6 is 0 Å². The van der Waals surface area contributed by atoms with E-state index < -0.39 is 0 Å². The maximum Gasteiger partial charge on any atom is 0.335 e. The van der Waals surface area contributed by atoms with Crippen molar-refractivity contribution in [2.75, 3.05) is 27.3 Å². The molecule has 5 nitrogen and oxygen atoms in total. The van der Waals surface area contributed by atoms with Gasteiger partial charge in [-0.3, -0.25) is 0 Å². The third-order valence-corrected chi connectivity index (χ3v) is 4.32. The van der Waals surface area contributed by atoms with Gasteiger partial charge in [0.2, 0.25) is 0 Å². The van der Waals surface area contributed by atoms with E-state index in [-0.39, 0.29) is 5.97 Å². The summed E-state index contributed by atoms with van der Waals surface area (Å²) in [5.41, 5.74) is 3.13. The molecule has 1 aliphatic heterocycles. The summed E-state index contributed by atoms with van der Waals surface area (Å²) in [5, 5.41) is 1.22. The van der Waals surface area contributed by atoms with Crippen LogP contribution in [0.2, 0.25) is 0 Å². The molecule has 0 saturated carbocycles. The standard InChI is InChI=1S/C18H22N2O3/c1-22-15-5-6-16-13(11-19-17(16)10-15)7-9-20-8-3-4-14(12-20)18(21)23-2/h5-6,10-12,19H,3-4,7-9H2,1-2H3. The molecule has 0 bridgehead atoms. The molecule has 0 fully saturated rings. The number of nitrogens with one attached hydrogen (secondary N) is 1. The molecule has 0 spiro atoms. The average Bonchev–Trinajstić information content (AvgIpc) is 3.01. The van der Waals surface area contributed by atoms with E-state index in [4.69, 9.17) is 9.47 Å². The first-order valence-corrected chi connectivity index (χ1v) is 7.88. The van der Waals surface area contributed by atoms with Crippen LogP contribution in [-0.4, -0.2) is 43.2 Å². The number of hydrogen-bond donors (Lipinski definition) is 1. The fourth-order valence-corrected chi connectivity index (χ4v) is 3.05. The van der Waals surface area contributed by atoms with Crippen molar-refractivity contribution in [2.45, 2.75) is 19.3 Å². The Morgan fingerprint density at radius 2 is 2.22 bits per heavy atom. The molecule has 122 valence electrons. The fraction of sp³-hybridized carbons (Fsp3) is 0.389. The smallest absolute Gasteiger partial charge is 0.335 e. The predicted molar refractivity (Wildman–Crippen MR) is 89.5 cm³/mol. The highest BCUT2D eigenvalue weighted by Gasteiger charge is 2.17. The van der Waals surface area contributed by atoms with E-state index in [2.05, 4.69) is 22.1 Å². The molecule has 2 aromatic rings. The number of methoxy groups -OCH3 is 2. The molecule has 1 aromatic heterocycles. The normalized spacial score (nSPS) is 14.7. The topological polar surface area (TPSA) is 54.6 Å². The van der Waals surface area contributed by atoms with Gasteiger partial charge in [-0.25, -0.2) is 4.79 Å². The maximum absolute atomic E-state index is 11.6. The van der Waals surface area contributed by atoms with E-state index >= 15 is 0 Å². The molecule has 3 rings (SSSR count). The van der Waals surface area contributed by atoms with Gasteiger partial charge in [0.1, 0.15) is 5.75 Å². The first-order chi connectivity index (χ1) is 11.2. The van der Waals surface area contributed by atoms with E-state index in [1.165, 1.54) is 18.1 Å². The van der Waals surface area contributed by atoms with Crippen LogP contribution in [0.25, 0.3) is 10.9 Å². The number of aromatic amines is 1. The summed E-state index contributed by atoms with van der Waals surface area (Å²) in [6.45, 7) is 1.87. The molecule has 0 aliphatic carbocycles. The van der Waals surface area contributed by atoms with Gasteiger partial charge in [-0.05, 0) is 37.0 Å². The number of aromatic nitrogens is 1. The summed E-state index contributed by atoms with van der Waals surface area (Å²) in [4.78, 5) is 17.2. The van der Waals surface area contributed by atoms with Gasteiger partial charge in [-0.15, -0.1) is 0 Å². The summed E-state index contributed by atoms with van der Waals surface area (Å²) < 4.78 is 10.1. The first-order valence-electron chi connectivity index (χ1n) is 7.88. The minimum atomic E-state index is -0.214. The predicted octanol–water partition coefficient (Wildman–Crippen LogP) is 2.87. The number of nitrogens with zero attached hydrogens (tertiary/aromatic N) is 1. The summed E-state index contributed by atoms with van der Waals surface area (Å²) in [7, 11) is 3.11. The lowest BCUT2D eigenvalue weighted by Gasteiger charge is -2.25. The highest BCUT2D eigenvalue weighted by Crippen LogP contribution is 2.24. The highest BCUT2D eigenvalue weighted by atomic mass is 16.5. The number of hydrogen-bond acceptors (Lipinski definition) is 4. The second-order valence-electron chi connectivity index (χ2n) is 5.76. The Hall–Kier alpha value is -2.43. The number of carbonyl (C=O) groups is 1. The highest BCUT2D eigenvalue weighted by molar-refractivity contribution is 5.88. The van der Waals surface area contributed by atoms with Crippen molar-refractivity contribution in [3.63, 3.8) is 0 Å². The SMILES string of the molecule is COC(=O)C1=CN(CCc2c[nH]c3cc(OC)ccc23)CCC1. The van der Waals surface area contributed by atoms with Crippen molar-refractivity contribution < 1.29 is 14.3 Å². The maximum atomic E-state index is 11.6. The van der Waals surface area contributed by atoms with E-state index in [0.29, 0.717) is 0 Å². The van der Waals surface area contributed by atoms with Crippen molar-refractivity contribution in [3.05, 3.63) is 41.7 Å². The molecule has 0 unspecified atom stereocenters. The number of carbonyl (C=O) groups excluding carboxylic acids is 1. The van der Waals surface area contributed by atoms with Crippen LogP contribution in [0.15, 0.2) is 36.2 Å². The summed E-state index contributed by atoms with van der Waals surface area (Å²) in [6.07, 6.45) is 6.73. The van der Waals surface area contributed by atoms with Gasteiger partial charge in [0.25, 0.3) is 0 Å². The Kier molecular flexibility index (Phi) is 4.55. The van der Waals surface area contributed by atoms with E-state index in [0.717, 1.165) is 49.2 Å². The minimum absolute atomic E-state index is 0.214. The quantitative estimate of drug-likeness (QED) is 0.862. The second kappa shape index (κ2) is 6.77. The van der Waals surface area contributed by atoms with Crippen molar-refractivity contribution in [1.29, 1.82) is 0 Å². The molecule has 1 aliphatic rings. The Morgan fingerprint density at radius 3 is 3.00 bits per heavy atom. The Labute approximate surface area is 135 Å². The number of H-pyrrole nitrogens is 1. The van der Waals surface area contributed by atoms with Crippen molar-refractivity contribution in [2.24, 2.45) is 0 Å². The van der Waals surface area contributed by atoms with Crippen LogP contribution in [-0.2, 0) is 16.0 Å². The lowest BCUT2D eigenvalue weighted by molar-refractivity contribution is -0.136. The fourth-order valence-electron chi connectivity index (χ4n) is 3.05. The zero-order valence-electron chi connectivity index (χ0n) is 13.6. The molecule has 23 heavy (non-hydrogen) atoms. The van der Waals surface area contributed by atoms with Crippen LogP contribution in [0.5, 0.6) is 5.75 Å². The van der Waals surface area contributed by atoms with Crippen LogP contribution in [0.3, 0.4) is 0 Å². The summed E-state index contributed by atoms with van der Waals surface area (Å²) in [6, 6.07) is 6.08. The molecule has 5 heteroatoms. The third-order valence-electron chi connectivity index (χ3n) is 4.32. The number of rotatable bonds is 5. The molecule has 0 saturated heterocycles. The van der Waals surface area contributed by atoms with Crippen LogP contribution in [0, 0.1) is 0 Å². The van der Waals surface area contributed by atoms with Crippen LogP contribution in [0.4, 0.5) is 0 Å². The Balaban J connectivity index is 1.70. The zero-order chi connectivity index (χ0) is 16.2. The number of esters is 1. The molecule has 0 radical (unpaired) electrons. The van der Waals surface area contributed by atoms with Crippen LogP contribution < -0.4 is 4.74 Å². The third kappa shape index (κ3) is 3.33. The minimum Gasteiger partial charge on any atom is -0.497 e. The lowest BCUT2D eigenvalue weighted by atomic mass is 10.1. The Morgan fingerprint density at radius 1 is 1.35 bits per heavy atom. The Bertz CT molecular complexity index is 733. The van der Waals surface area contributed by atoms with Crippen molar-refractivity contribution >= 4 is 16.9 Å².